The van der Waals surface area contributed by atoms with Crippen LogP contribution < -0.4 is 10.1 Å². The van der Waals surface area contributed by atoms with Crippen molar-refractivity contribution in [1.82, 2.24) is 29.7 Å². The summed E-state index contributed by atoms with van der Waals surface area (Å²) in [7, 11) is 4.39. The molecule has 2 aliphatic carbocycles. The van der Waals surface area contributed by atoms with Gasteiger partial charge in [0.05, 0.1) is 5.52 Å². The Balaban J connectivity index is 1.00. The summed E-state index contributed by atoms with van der Waals surface area (Å²) in [6.45, 7) is 2.43. The molecule has 0 unspecified atom stereocenters. The van der Waals surface area contributed by atoms with Crippen molar-refractivity contribution in [3.63, 3.8) is 0 Å². The van der Waals surface area contributed by atoms with Crippen molar-refractivity contribution in [2.45, 2.75) is 43.9 Å². The molecule has 1 aromatic carbocycles. The largest absolute Gasteiger partial charge is 0.460 e. The van der Waals surface area contributed by atoms with Gasteiger partial charge in [0.25, 0.3) is 0 Å². The Kier molecular flexibility index (Phi) is 4.48. The molecule has 4 aromatic rings. The second-order valence-corrected chi connectivity index (χ2v) is 10.6. The zero-order chi connectivity index (χ0) is 22.9. The normalized spacial score (nSPS) is 23.7. The van der Waals surface area contributed by atoms with Crippen molar-refractivity contribution >= 4 is 21.8 Å². The highest BCUT2D eigenvalue weighted by molar-refractivity contribution is 6.08. The van der Waals surface area contributed by atoms with E-state index in [4.69, 9.17) is 4.74 Å². The first kappa shape index (κ1) is 20.4. The molecule has 4 heterocycles. The predicted octanol–water partition coefficient (Wildman–Crippen LogP) is 3.78. The van der Waals surface area contributed by atoms with E-state index in [0.29, 0.717) is 17.5 Å². The number of hydrogen-bond acceptors (Lipinski definition) is 6. The van der Waals surface area contributed by atoms with E-state index in [2.05, 4.69) is 68.1 Å². The fourth-order valence-corrected chi connectivity index (χ4v) is 6.17. The Hall–Kier alpha value is -3.03. The van der Waals surface area contributed by atoms with E-state index in [1.54, 1.807) is 0 Å². The highest BCUT2D eigenvalue weighted by Gasteiger charge is 2.51. The first-order valence-electron chi connectivity index (χ1n) is 12.3. The zero-order valence-corrected chi connectivity index (χ0v) is 19.7. The van der Waals surface area contributed by atoms with Crippen molar-refractivity contribution in [1.29, 1.82) is 0 Å². The van der Waals surface area contributed by atoms with Crippen LogP contribution >= 0.6 is 0 Å². The summed E-state index contributed by atoms with van der Waals surface area (Å²) in [5, 5.41) is 5.81. The smallest absolute Gasteiger partial charge is 0.316 e. The van der Waals surface area contributed by atoms with E-state index in [1.165, 1.54) is 47.7 Å². The zero-order valence-electron chi connectivity index (χ0n) is 19.7. The summed E-state index contributed by atoms with van der Waals surface area (Å²) in [4.78, 5) is 15.9. The number of aryl methyl sites for hydroxylation is 1. The molecule has 2 saturated carbocycles. The van der Waals surface area contributed by atoms with Gasteiger partial charge in [-0.2, -0.15) is 0 Å². The average molecular weight is 455 g/mol. The molecule has 1 N–H and O–H groups in total. The third-order valence-corrected chi connectivity index (χ3v) is 8.60. The summed E-state index contributed by atoms with van der Waals surface area (Å²) in [5.74, 6) is 0. The van der Waals surface area contributed by atoms with E-state index in [9.17, 15) is 0 Å². The van der Waals surface area contributed by atoms with E-state index in [0.717, 1.165) is 30.0 Å². The van der Waals surface area contributed by atoms with Crippen LogP contribution in [0.4, 0.5) is 0 Å². The topological polar surface area (TPSA) is 68.1 Å². The third kappa shape index (κ3) is 3.14. The minimum atomic E-state index is 0.221. The number of ether oxygens (including phenoxy) is 1. The molecule has 0 atom stereocenters. The summed E-state index contributed by atoms with van der Waals surface area (Å²) in [6.07, 6.45) is 12.6. The molecule has 3 aliphatic rings. The lowest BCUT2D eigenvalue weighted by Gasteiger charge is -2.59. The SMILES string of the molecule is CN(C1CC(Oc2ncc(-c3ccc4c5cnccc5n(C)c4c3)cn2)C1)C1CC2(CNC2)C1. The van der Waals surface area contributed by atoms with Crippen LogP contribution in [0.25, 0.3) is 32.9 Å². The molecule has 7 rings (SSSR count). The number of aromatic nitrogens is 4. The van der Waals surface area contributed by atoms with E-state index < -0.39 is 0 Å². The minimum absolute atomic E-state index is 0.221. The van der Waals surface area contributed by atoms with E-state index in [1.807, 2.05) is 24.8 Å². The Morgan fingerprint density at radius 1 is 0.971 bits per heavy atom. The van der Waals surface area contributed by atoms with Crippen LogP contribution in [0.5, 0.6) is 6.01 Å². The van der Waals surface area contributed by atoms with Gasteiger partial charge < -0.3 is 19.5 Å². The predicted molar refractivity (Wildman–Crippen MR) is 133 cm³/mol. The Morgan fingerprint density at radius 2 is 1.76 bits per heavy atom. The van der Waals surface area contributed by atoms with Crippen molar-refractivity contribution in [3.8, 4) is 17.1 Å². The third-order valence-electron chi connectivity index (χ3n) is 8.60. The van der Waals surface area contributed by atoms with Crippen LogP contribution in [0, 0.1) is 5.41 Å². The summed E-state index contributed by atoms with van der Waals surface area (Å²) in [6, 6.07) is 10.4. The average Bonchev–Trinajstić information content (AvgIpc) is 3.06. The van der Waals surface area contributed by atoms with Gasteiger partial charge in [-0.15, -0.1) is 0 Å². The number of nitrogens with zero attached hydrogens (tertiary/aromatic N) is 5. The summed E-state index contributed by atoms with van der Waals surface area (Å²) < 4.78 is 8.30. The van der Waals surface area contributed by atoms with Gasteiger partial charge in [0, 0.05) is 91.7 Å². The molecule has 0 amide bonds. The number of benzene rings is 1. The molecule has 7 nitrogen and oxygen atoms in total. The number of nitrogens with one attached hydrogen (secondary N) is 1. The fourth-order valence-electron chi connectivity index (χ4n) is 6.17. The van der Waals surface area contributed by atoms with Crippen LogP contribution in [0.2, 0.25) is 0 Å². The lowest BCUT2D eigenvalue weighted by molar-refractivity contribution is -0.0733. The number of pyridine rings is 1. The summed E-state index contributed by atoms with van der Waals surface area (Å²) in [5.41, 5.74) is 5.08. The van der Waals surface area contributed by atoms with Gasteiger partial charge in [-0.1, -0.05) is 12.1 Å². The second-order valence-electron chi connectivity index (χ2n) is 10.6. The van der Waals surface area contributed by atoms with Crippen molar-refractivity contribution in [3.05, 3.63) is 49.1 Å². The Labute approximate surface area is 199 Å². The molecule has 7 heteroatoms. The first-order valence-corrected chi connectivity index (χ1v) is 12.3. The molecule has 1 saturated heterocycles. The van der Waals surface area contributed by atoms with Crippen LogP contribution in [0.1, 0.15) is 25.7 Å². The van der Waals surface area contributed by atoms with Crippen molar-refractivity contribution in [2.75, 3.05) is 20.1 Å². The molecule has 174 valence electrons. The van der Waals surface area contributed by atoms with Gasteiger partial charge in [-0.25, -0.2) is 9.97 Å². The Morgan fingerprint density at radius 3 is 2.50 bits per heavy atom. The maximum Gasteiger partial charge on any atom is 0.316 e. The molecule has 1 spiro atoms. The minimum Gasteiger partial charge on any atom is -0.460 e. The van der Waals surface area contributed by atoms with Gasteiger partial charge in [0.15, 0.2) is 0 Å². The second kappa shape index (κ2) is 7.48. The fraction of sp³-hybridized carbons (Fsp3) is 0.444. The lowest BCUT2D eigenvalue weighted by atomic mass is 9.61. The Bertz CT molecular complexity index is 1360. The van der Waals surface area contributed by atoms with Crippen LogP contribution in [-0.2, 0) is 7.05 Å². The molecule has 3 aromatic heterocycles. The molecular weight excluding hydrogens is 424 g/mol. The van der Waals surface area contributed by atoms with Gasteiger partial charge in [0.1, 0.15) is 6.10 Å². The van der Waals surface area contributed by atoms with Gasteiger partial charge in [-0.3, -0.25) is 4.98 Å². The van der Waals surface area contributed by atoms with E-state index in [-0.39, 0.29) is 6.10 Å². The molecule has 3 fully saturated rings. The standard InChI is InChI=1S/C27H30N6O/c1-32(20-10-27(11-20)15-29-16-27)19-8-21(9-19)34-26-30-12-18(13-31-26)17-3-4-22-23-14-28-6-5-24(23)33(2)25(22)7-17/h3-7,12-14,19-21,29H,8-11,15-16H2,1-2H3. The molecule has 0 radical (unpaired) electrons. The highest BCUT2D eigenvalue weighted by atomic mass is 16.5. The van der Waals surface area contributed by atoms with Gasteiger partial charge >= 0.3 is 6.01 Å². The number of hydrogen-bond donors (Lipinski definition) is 1. The molecule has 1 aliphatic heterocycles. The van der Waals surface area contributed by atoms with Crippen molar-refractivity contribution < 1.29 is 4.74 Å². The number of rotatable bonds is 5. The first-order chi connectivity index (χ1) is 16.6. The van der Waals surface area contributed by atoms with E-state index >= 15 is 0 Å². The summed E-state index contributed by atoms with van der Waals surface area (Å²) >= 11 is 0. The lowest BCUT2D eigenvalue weighted by Crippen LogP contribution is -2.66. The van der Waals surface area contributed by atoms with Gasteiger partial charge in [-0.05, 0) is 43.0 Å². The highest BCUT2D eigenvalue weighted by Crippen LogP contribution is 2.47. The van der Waals surface area contributed by atoms with Crippen LogP contribution in [0.3, 0.4) is 0 Å². The molecule has 0 bridgehead atoms. The molecular formula is C27H30N6O. The molecule has 34 heavy (non-hydrogen) atoms. The quantitative estimate of drug-likeness (QED) is 0.495. The maximum atomic E-state index is 6.09. The van der Waals surface area contributed by atoms with Crippen LogP contribution in [0.15, 0.2) is 49.1 Å². The maximum absolute atomic E-state index is 6.09. The monoisotopic (exact) mass is 454 g/mol. The number of fused-ring (bicyclic) bond motifs is 3. The van der Waals surface area contributed by atoms with Crippen LogP contribution in [-0.4, -0.2) is 62.7 Å². The van der Waals surface area contributed by atoms with Gasteiger partial charge in [0.2, 0.25) is 0 Å². The van der Waals surface area contributed by atoms with Crippen molar-refractivity contribution in [2.24, 2.45) is 12.5 Å².